The topological polar surface area (TPSA) is 40.5 Å². The number of rotatable bonds is 5. The minimum Gasteiger partial charge on any atom is -0.478 e. The number of carbonyl (C=O) groups is 1. The summed E-state index contributed by atoms with van der Waals surface area (Å²) < 4.78 is 27.6. The third-order valence-corrected chi connectivity index (χ3v) is 2.54. The lowest BCUT2D eigenvalue weighted by Gasteiger charge is -2.22. The average molecular weight is 255 g/mol. The standard InChI is InChI=1S/C13H15F2NO2/c1-3-16(4-2)13-10(14)7-9(8-11(13)15)5-6-12(17)18/h5-8H,3-4H2,1-2H3,(H,17,18). The Hall–Kier alpha value is -1.91. The van der Waals surface area contributed by atoms with Crippen LogP contribution in [0.15, 0.2) is 18.2 Å². The van der Waals surface area contributed by atoms with E-state index >= 15 is 0 Å². The summed E-state index contributed by atoms with van der Waals surface area (Å²) in [5.74, 6) is -2.55. The van der Waals surface area contributed by atoms with Crippen molar-refractivity contribution in [3.05, 3.63) is 35.4 Å². The normalized spacial score (nSPS) is 10.9. The van der Waals surface area contributed by atoms with Crippen LogP contribution in [0.4, 0.5) is 14.5 Å². The molecule has 5 heteroatoms. The van der Waals surface area contributed by atoms with E-state index in [2.05, 4.69) is 0 Å². The number of carboxylic acid groups (broad SMARTS) is 1. The van der Waals surface area contributed by atoms with Crippen molar-refractivity contribution < 1.29 is 18.7 Å². The zero-order valence-corrected chi connectivity index (χ0v) is 10.3. The average Bonchev–Trinajstić information content (AvgIpc) is 2.31. The summed E-state index contributed by atoms with van der Waals surface area (Å²) in [6.45, 7) is 4.60. The molecule has 0 unspecified atom stereocenters. The van der Waals surface area contributed by atoms with E-state index in [1.54, 1.807) is 18.7 Å². The van der Waals surface area contributed by atoms with Crippen LogP contribution in [0.5, 0.6) is 0 Å². The van der Waals surface area contributed by atoms with Crippen molar-refractivity contribution in [2.24, 2.45) is 0 Å². The number of halogens is 2. The van der Waals surface area contributed by atoms with Gasteiger partial charge in [-0.05, 0) is 37.6 Å². The molecular weight excluding hydrogens is 240 g/mol. The van der Waals surface area contributed by atoms with Gasteiger partial charge >= 0.3 is 5.97 Å². The molecular formula is C13H15F2NO2. The van der Waals surface area contributed by atoms with E-state index in [9.17, 15) is 13.6 Å². The molecule has 0 aliphatic carbocycles. The van der Waals surface area contributed by atoms with Gasteiger partial charge in [-0.2, -0.15) is 0 Å². The molecule has 0 aliphatic heterocycles. The van der Waals surface area contributed by atoms with Gasteiger partial charge in [-0.1, -0.05) is 0 Å². The van der Waals surface area contributed by atoms with E-state index in [4.69, 9.17) is 5.11 Å². The zero-order chi connectivity index (χ0) is 13.7. The van der Waals surface area contributed by atoms with E-state index in [0.29, 0.717) is 13.1 Å². The van der Waals surface area contributed by atoms with Crippen molar-refractivity contribution in [3.63, 3.8) is 0 Å². The summed E-state index contributed by atoms with van der Waals surface area (Å²) in [4.78, 5) is 11.9. The molecule has 0 aliphatic rings. The largest absolute Gasteiger partial charge is 0.478 e. The first-order valence-electron chi connectivity index (χ1n) is 5.64. The molecule has 1 rings (SSSR count). The van der Waals surface area contributed by atoms with Crippen LogP contribution in [0.2, 0.25) is 0 Å². The summed E-state index contributed by atoms with van der Waals surface area (Å²) >= 11 is 0. The van der Waals surface area contributed by atoms with Gasteiger partial charge in [0.05, 0.1) is 0 Å². The van der Waals surface area contributed by atoms with Crippen molar-refractivity contribution in [1.29, 1.82) is 0 Å². The van der Waals surface area contributed by atoms with Gasteiger partial charge in [0, 0.05) is 19.2 Å². The molecule has 0 spiro atoms. The Labute approximate surface area is 104 Å². The summed E-state index contributed by atoms with van der Waals surface area (Å²) in [5.41, 5.74) is 0.107. The number of benzene rings is 1. The lowest BCUT2D eigenvalue weighted by atomic mass is 10.1. The van der Waals surface area contributed by atoms with Crippen molar-refractivity contribution in [2.45, 2.75) is 13.8 Å². The first kappa shape index (κ1) is 14.2. The van der Waals surface area contributed by atoms with Crippen LogP contribution in [0.25, 0.3) is 6.08 Å². The monoisotopic (exact) mass is 255 g/mol. The Balaban J connectivity index is 3.15. The molecule has 0 fully saturated rings. The fourth-order valence-electron chi connectivity index (χ4n) is 1.69. The molecule has 0 amide bonds. The van der Waals surface area contributed by atoms with Gasteiger partial charge < -0.3 is 10.0 Å². The second kappa shape index (κ2) is 6.14. The summed E-state index contributed by atoms with van der Waals surface area (Å²) in [6.07, 6.45) is 1.99. The van der Waals surface area contributed by atoms with Gasteiger partial charge in [0.1, 0.15) is 17.3 Å². The van der Waals surface area contributed by atoms with E-state index in [1.165, 1.54) is 0 Å². The van der Waals surface area contributed by atoms with Crippen LogP contribution >= 0.6 is 0 Å². The molecule has 1 aromatic rings. The highest BCUT2D eigenvalue weighted by molar-refractivity contribution is 5.85. The quantitative estimate of drug-likeness (QED) is 0.822. The Morgan fingerprint density at radius 3 is 2.17 bits per heavy atom. The number of hydrogen-bond donors (Lipinski definition) is 1. The minimum absolute atomic E-state index is 0.0764. The summed E-state index contributed by atoms with van der Waals surface area (Å²) in [6, 6.07) is 2.24. The maximum absolute atomic E-state index is 13.8. The molecule has 0 heterocycles. The Morgan fingerprint density at radius 1 is 1.28 bits per heavy atom. The van der Waals surface area contributed by atoms with Gasteiger partial charge in [0.25, 0.3) is 0 Å². The van der Waals surface area contributed by atoms with Crippen LogP contribution in [-0.4, -0.2) is 24.2 Å². The lowest BCUT2D eigenvalue weighted by molar-refractivity contribution is -0.131. The molecule has 0 radical (unpaired) electrons. The Bertz CT molecular complexity index is 445. The van der Waals surface area contributed by atoms with Crippen molar-refractivity contribution in [2.75, 3.05) is 18.0 Å². The maximum atomic E-state index is 13.8. The molecule has 0 saturated carbocycles. The van der Waals surface area contributed by atoms with Crippen molar-refractivity contribution in [1.82, 2.24) is 0 Å². The highest BCUT2D eigenvalue weighted by atomic mass is 19.1. The van der Waals surface area contributed by atoms with Crippen LogP contribution < -0.4 is 4.90 Å². The number of carboxylic acids is 1. The lowest BCUT2D eigenvalue weighted by Crippen LogP contribution is -2.24. The maximum Gasteiger partial charge on any atom is 0.328 e. The fraction of sp³-hybridized carbons (Fsp3) is 0.308. The molecule has 98 valence electrons. The van der Waals surface area contributed by atoms with Gasteiger partial charge in [-0.15, -0.1) is 0 Å². The highest BCUT2D eigenvalue weighted by Gasteiger charge is 2.15. The van der Waals surface area contributed by atoms with E-state index < -0.39 is 17.6 Å². The first-order valence-corrected chi connectivity index (χ1v) is 5.64. The van der Waals surface area contributed by atoms with Gasteiger partial charge in [0.2, 0.25) is 0 Å². The number of aliphatic carboxylic acids is 1. The molecule has 0 aromatic heterocycles. The van der Waals surface area contributed by atoms with Gasteiger partial charge in [-0.3, -0.25) is 0 Å². The third kappa shape index (κ3) is 3.29. The predicted octanol–water partition coefficient (Wildman–Crippen LogP) is 2.91. The summed E-state index contributed by atoms with van der Waals surface area (Å²) in [7, 11) is 0. The second-order valence-corrected chi connectivity index (χ2v) is 3.68. The predicted molar refractivity (Wildman–Crippen MR) is 66.6 cm³/mol. The smallest absolute Gasteiger partial charge is 0.328 e. The summed E-state index contributed by atoms with van der Waals surface area (Å²) in [5, 5.41) is 8.45. The van der Waals surface area contributed by atoms with E-state index in [0.717, 1.165) is 24.3 Å². The van der Waals surface area contributed by atoms with Gasteiger partial charge in [-0.25, -0.2) is 13.6 Å². The fourth-order valence-corrected chi connectivity index (χ4v) is 1.69. The molecule has 18 heavy (non-hydrogen) atoms. The van der Waals surface area contributed by atoms with Crippen LogP contribution in [0.1, 0.15) is 19.4 Å². The first-order chi connectivity index (χ1) is 8.49. The number of nitrogens with zero attached hydrogens (tertiary/aromatic N) is 1. The van der Waals surface area contributed by atoms with Crippen LogP contribution in [0, 0.1) is 11.6 Å². The van der Waals surface area contributed by atoms with Crippen LogP contribution in [-0.2, 0) is 4.79 Å². The Kier molecular flexibility index (Phi) is 4.83. The molecule has 1 aromatic carbocycles. The molecule has 1 N–H and O–H groups in total. The second-order valence-electron chi connectivity index (χ2n) is 3.68. The zero-order valence-electron chi connectivity index (χ0n) is 10.3. The third-order valence-electron chi connectivity index (χ3n) is 2.54. The molecule has 3 nitrogen and oxygen atoms in total. The van der Waals surface area contributed by atoms with Gasteiger partial charge in [0.15, 0.2) is 0 Å². The number of anilines is 1. The van der Waals surface area contributed by atoms with Crippen molar-refractivity contribution in [3.8, 4) is 0 Å². The Morgan fingerprint density at radius 2 is 1.78 bits per heavy atom. The molecule has 0 bridgehead atoms. The van der Waals surface area contributed by atoms with Crippen LogP contribution in [0.3, 0.4) is 0 Å². The SMILES string of the molecule is CCN(CC)c1c(F)cc(C=CC(=O)O)cc1F. The van der Waals surface area contributed by atoms with E-state index in [1.807, 2.05) is 0 Å². The molecule has 0 saturated heterocycles. The van der Waals surface area contributed by atoms with Crippen molar-refractivity contribution >= 4 is 17.7 Å². The number of hydrogen-bond acceptors (Lipinski definition) is 2. The highest BCUT2D eigenvalue weighted by Crippen LogP contribution is 2.25. The molecule has 0 atom stereocenters. The van der Waals surface area contributed by atoms with E-state index in [-0.39, 0.29) is 11.3 Å². The minimum atomic E-state index is -1.16.